The molecule has 31 heavy (non-hydrogen) atoms. The van der Waals surface area contributed by atoms with Gasteiger partial charge in [-0.1, -0.05) is 85.3 Å². The molecule has 2 aromatic rings. The van der Waals surface area contributed by atoms with Crippen molar-refractivity contribution in [1.29, 1.82) is 0 Å². The van der Waals surface area contributed by atoms with Crippen LogP contribution >= 0.6 is 23.2 Å². The van der Waals surface area contributed by atoms with Crippen molar-refractivity contribution in [2.75, 3.05) is 5.88 Å². The zero-order valence-corrected chi connectivity index (χ0v) is 19.5. The highest BCUT2D eigenvalue weighted by molar-refractivity contribution is 6.31. The summed E-state index contributed by atoms with van der Waals surface area (Å²) in [6.45, 7) is 2.21. The molecule has 6 heteroatoms. The molecule has 1 unspecified atom stereocenters. The van der Waals surface area contributed by atoms with Crippen LogP contribution in [0, 0.1) is 6.92 Å². The molecule has 1 N–H and O–H groups in total. The van der Waals surface area contributed by atoms with Crippen LogP contribution in [0.25, 0.3) is 0 Å². The molecule has 1 aliphatic carbocycles. The van der Waals surface area contributed by atoms with Crippen LogP contribution < -0.4 is 5.32 Å². The van der Waals surface area contributed by atoms with E-state index in [2.05, 4.69) is 5.32 Å². The van der Waals surface area contributed by atoms with Crippen molar-refractivity contribution in [2.45, 2.75) is 64.1 Å². The highest BCUT2D eigenvalue weighted by Crippen LogP contribution is 2.28. The zero-order chi connectivity index (χ0) is 22.2. The quantitative estimate of drug-likeness (QED) is 0.419. The first kappa shape index (κ1) is 23.6. The molecule has 1 saturated carbocycles. The van der Waals surface area contributed by atoms with Crippen LogP contribution in [0.3, 0.4) is 0 Å². The summed E-state index contributed by atoms with van der Waals surface area (Å²) < 4.78 is 0. The molecule has 2 aromatic carbocycles. The molecule has 0 aromatic heterocycles. The molecule has 1 aliphatic rings. The van der Waals surface area contributed by atoms with Gasteiger partial charge in [0.15, 0.2) is 0 Å². The van der Waals surface area contributed by atoms with E-state index in [1.807, 2.05) is 49.4 Å². The summed E-state index contributed by atoms with van der Waals surface area (Å²) in [7, 11) is 0. The molecule has 166 valence electrons. The summed E-state index contributed by atoms with van der Waals surface area (Å²) in [6.07, 6.45) is 6.59. The van der Waals surface area contributed by atoms with E-state index in [4.69, 9.17) is 23.2 Å². The standard InChI is InChI=1S/C25H30Cl2N2O2/c1-18-12-14-19(15-13-18)24(25(31)28-21-9-4-2-3-5-10-21)29(23(30)16-26)17-20-8-6-7-11-22(20)27/h6-8,11-15,21,24H,2-5,9-10,16-17H2,1H3,(H,28,31). The maximum absolute atomic E-state index is 13.6. The van der Waals surface area contributed by atoms with Crippen molar-refractivity contribution < 1.29 is 9.59 Å². The molecule has 1 fully saturated rings. The van der Waals surface area contributed by atoms with Crippen LogP contribution in [0.4, 0.5) is 0 Å². The van der Waals surface area contributed by atoms with Crippen molar-refractivity contribution in [3.63, 3.8) is 0 Å². The van der Waals surface area contributed by atoms with Gasteiger partial charge in [-0.2, -0.15) is 0 Å². The monoisotopic (exact) mass is 460 g/mol. The lowest BCUT2D eigenvalue weighted by Crippen LogP contribution is -2.46. The van der Waals surface area contributed by atoms with Crippen LogP contribution in [-0.4, -0.2) is 28.6 Å². The Hall–Kier alpha value is -2.04. The van der Waals surface area contributed by atoms with Gasteiger partial charge in [-0.3, -0.25) is 9.59 Å². The van der Waals surface area contributed by atoms with Gasteiger partial charge in [0.25, 0.3) is 0 Å². The fraction of sp³-hybridized carbons (Fsp3) is 0.440. The number of amides is 2. The number of halogens is 2. The Bertz CT molecular complexity index is 877. The van der Waals surface area contributed by atoms with Crippen molar-refractivity contribution in [3.05, 3.63) is 70.2 Å². The van der Waals surface area contributed by atoms with E-state index >= 15 is 0 Å². The first-order valence-electron chi connectivity index (χ1n) is 11.0. The summed E-state index contributed by atoms with van der Waals surface area (Å²) in [4.78, 5) is 28.0. The zero-order valence-electron chi connectivity index (χ0n) is 17.9. The Morgan fingerprint density at radius 3 is 2.29 bits per heavy atom. The molecule has 3 rings (SSSR count). The molecule has 0 heterocycles. The number of hydrogen-bond acceptors (Lipinski definition) is 2. The van der Waals surface area contributed by atoms with E-state index < -0.39 is 6.04 Å². The number of hydrogen-bond donors (Lipinski definition) is 1. The van der Waals surface area contributed by atoms with Gasteiger partial charge in [0.2, 0.25) is 11.8 Å². The van der Waals surface area contributed by atoms with Gasteiger partial charge in [0.05, 0.1) is 0 Å². The molecule has 2 amide bonds. The first-order chi connectivity index (χ1) is 15.0. The van der Waals surface area contributed by atoms with E-state index in [9.17, 15) is 9.59 Å². The van der Waals surface area contributed by atoms with Crippen LogP contribution in [0.1, 0.15) is 61.3 Å². The number of alkyl halides is 1. The van der Waals surface area contributed by atoms with Gasteiger partial charge in [0.1, 0.15) is 11.9 Å². The van der Waals surface area contributed by atoms with Crippen LogP contribution in [0.2, 0.25) is 5.02 Å². The number of carbonyl (C=O) groups is 2. The third-order valence-electron chi connectivity index (χ3n) is 5.89. The lowest BCUT2D eigenvalue weighted by Gasteiger charge is -2.32. The van der Waals surface area contributed by atoms with Gasteiger partial charge in [-0.25, -0.2) is 0 Å². The Labute approximate surface area is 194 Å². The predicted octanol–water partition coefficient (Wildman–Crippen LogP) is 5.80. The summed E-state index contributed by atoms with van der Waals surface area (Å²) in [5, 5.41) is 3.78. The molecule has 0 spiro atoms. The fourth-order valence-corrected chi connectivity index (χ4v) is 4.48. The molecule has 0 radical (unpaired) electrons. The van der Waals surface area contributed by atoms with E-state index in [0.29, 0.717) is 5.02 Å². The molecule has 1 atom stereocenters. The highest BCUT2D eigenvalue weighted by Gasteiger charge is 2.32. The van der Waals surface area contributed by atoms with Crippen molar-refractivity contribution in [3.8, 4) is 0 Å². The maximum atomic E-state index is 13.6. The number of nitrogens with zero attached hydrogens (tertiary/aromatic N) is 1. The SMILES string of the molecule is Cc1ccc(C(C(=O)NC2CCCCCC2)N(Cc2ccccc2Cl)C(=O)CCl)cc1. The van der Waals surface area contributed by atoms with Gasteiger partial charge < -0.3 is 10.2 Å². The average molecular weight is 461 g/mol. The van der Waals surface area contributed by atoms with Gasteiger partial charge in [-0.05, 0) is 37.0 Å². The number of aryl methyl sites for hydroxylation is 1. The van der Waals surface area contributed by atoms with E-state index in [1.54, 1.807) is 11.0 Å². The van der Waals surface area contributed by atoms with Crippen molar-refractivity contribution in [2.24, 2.45) is 0 Å². The van der Waals surface area contributed by atoms with E-state index in [0.717, 1.165) is 42.4 Å². The van der Waals surface area contributed by atoms with Crippen molar-refractivity contribution >= 4 is 35.0 Å². The average Bonchev–Trinajstić information content (AvgIpc) is 3.04. The fourth-order valence-electron chi connectivity index (χ4n) is 4.14. The van der Waals surface area contributed by atoms with E-state index in [1.165, 1.54) is 12.8 Å². The molecular weight excluding hydrogens is 431 g/mol. The first-order valence-corrected chi connectivity index (χ1v) is 11.9. The Morgan fingerprint density at radius 1 is 1.03 bits per heavy atom. The second-order valence-electron chi connectivity index (χ2n) is 8.26. The number of carbonyl (C=O) groups excluding carboxylic acids is 2. The number of nitrogens with one attached hydrogen (secondary N) is 1. The van der Waals surface area contributed by atoms with Crippen molar-refractivity contribution in [1.82, 2.24) is 10.2 Å². The maximum Gasteiger partial charge on any atom is 0.247 e. The van der Waals surface area contributed by atoms with Gasteiger partial charge in [0, 0.05) is 17.6 Å². The third-order valence-corrected chi connectivity index (χ3v) is 6.49. The minimum Gasteiger partial charge on any atom is -0.351 e. The summed E-state index contributed by atoms with van der Waals surface area (Å²) in [6, 6.07) is 14.5. The molecular formula is C25H30Cl2N2O2. The molecule has 0 bridgehead atoms. The lowest BCUT2D eigenvalue weighted by molar-refractivity contribution is -0.140. The van der Waals surface area contributed by atoms with E-state index in [-0.39, 0.29) is 30.3 Å². The van der Waals surface area contributed by atoms with Crippen LogP contribution in [0.15, 0.2) is 48.5 Å². The van der Waals surface area contributed by atoms with Gasteiger partial charge in [-0.15, -0.1) is 11.6 Å². The third kappa shape index (κ3) is 6.47. The number of benzene rings is 2. The second kappa shape index (κ2) is 11.5. The van der Waals surface area contributed by atoms with Gasteiger partial charge >= 0.3 is 0 Å². The largest absolute Gasteiger partial charge is 0.351 e. The lowest BCUT2D eigenvalue weighted by atomic mass is 10.0. The highest BCUT2D eigenvalue weighted by atomic mass is 35.5. The Balaban J connectivity index is 1.94. The second-order valence-corrected chi connectivity index (χ2v) is 8.93. The minimum atomic E-state index is -0.772. The Kier molecular flexibility index (Phi) is 8.79. The predicted molar refractivity (Wildman–Crippen MR) is 126 cm³/mol. The normalized spacial score (nSPS) is 15.7. The van der Waals surface area contributed by atoms with Crippen LogP contribution in [-0.2, 0) is 16.1 Å². The number of rotatable bonds is 7. The van der Waals surface area contributed by atoms with Crippen LogP contribution in [0.5, 0.6) is 0 Å². The Morgan fingerprint density at radius 2 is 1.68 bits per heavy atom. The molecule has 0 saturated heterocycles. The minimum absolute atomic E-state index is 0.135. The molecule has 4 nitrogen and oxygen atoms in total. The topological polar surface area (TPSA) is 49.4 Å². The smallest absolute Gasteiger partial charge is 0.247 e. The molecule has 0 aliphatic heterocycles. The summed E-state index contributed by atoms with van der Waals surface area (Å²) in [5.41, 5.74) is 2.64. The summed E-state index contributed by atoms with van der Waals surface area (Å²) >= 11 is 12.3. The summed E-state index contributed by atoms with van der Waals surface area (Å²) in [5.74, 6) is -0.673.